The Morgan fingerprint density at radius 2 is 2.16 bits per heavy atom. The summed E-state index contributed by atoms with van der Waals surface area (Å²) in [5, 5.41) is 10.6. The van der Waals surface area contributed by atoms with E-state index in [-0.39, 0.29) is 12.0 Å². The summed E-state index contributed by atoms with van der Waals surface area (Å²) in [4.78, 5) is 0. The zero-order valence-electron chi connectivity index (χ0n) is 11.8. The third kappa shape index (κ3) is 2.85. The molecule has 19 heavy (non-hydrogen) atoms. The first-order chi connectivity index (χ1) is 9.21. The normalized spacial score (nSPS) is 24.2. The van der Waals surface area contributed by atoms with Crippen molar-refractivity contribution < 1.29 is 19.3 Å². The average molecular weight is 266 g/mol. The van der Waals surface area contributed by atoms with Gasteiger partial charge < -0.3 is 19.3 Å². The van der Waals surface area contributed by atoms with Crippen LogP contribution in [0.3, 0.4) is 0 Å². The molecule has 1 aliphatic rings. The van der Waals surface area contributed by atoms with Crippen molar-refractivity contribution in [3.63, 3.8) is 0 Å². The molecule has 1 saturated heterocycles. The topological polar surface area (TPSA) is 47.9 Å². The minimum absolute atomic E-state index is 0.127. The fraction of sp³-hybridized carbons (Fsp3) is 0.600. The average Bonchev–Trinajstić information content (AvgIpc) is 2.94. The Labute approximate surface area is 114 Å². The van der Waals surface area contributed by atoms with E-state index < -0.39 is 6.10 Å². The second-order valence-electron chi connectivity index (χ2n) is 4.82. The van der Waals surface area contributed by atoms with Gasteiger partial charge in [0.25, 0.3) is 0 Å². The highest BCUT2D eigenvalue weighted by atomic mass is 16.5. The molecule has 3 atom stereocenters. The highest BCUT2D eigenvalue weighted by Crippen LogP contribution is 2.39. The van der Waals surface area contributed by atoms with Crippen LogP contribution in [0.4, 0.5) is 0 Å². The number of aliphatic hydroxyl groups is 1. The molecule has 1 aromatic carbocycles. The van der Waals surface area contributed by atoms with Crippen molar-refractivity contribution in [1.82, 2.24) is 0 Å². The van der Waals surface area contributed by atoms with E-state index in [1.165, 1.54) is 0 Å². The Balaban J connectivity index is 2.25. The van der Waals surface area contributed by atoms with Crippen molar-refractivity contribution >= 4 is 0 Å². The zero-order chi connectivity index (χ0) is 13.8. The molecule has 0 saturated carbocycles. The Hall–Kier alpha value is -1.26. The van der Waals surface area contributed by atoms with Gasteiger partial charge in [-0.15, -0.1) is 0 Å². The highest BCUT2D eigenvalue weighted by Gasteiger charge is 2.34. The molecule has 0 bridgehead atoms. The lowest BCUT2D eigenvalue weighted by Gasteiger charge is -2.24. The van der Waals surface area contributed by atoms with Crippen LogP contribution in [-0.2, 0) is 4.74 Å². The van der Waals surface area contributed by atoms with Crippen LogP contribution in [0.5, 0.6) is 11.5 Å². The van der Waals surface area contributed by atoms with Gasteiger partial charge in [0, 0.05) is 24.2 Å². The van der Waals surface area contributed by atoms with E-state index in [4.69, 9.17) is 14.2 Å². The number of benzene rings is 1. The summed E-state index contributed by atoms with van der Waals surface area (Å²) in [7, 11) is 3.22. The monoisotopic (exact) mass is 266 g/mol. The SMILES string of the molecule is CCC1OCCC1C(O)c1ccc(OC)cc1OC. The summed E-state index contributed by atoms with van der Waals surface area (Å²) in [6.45, 7) is 2.81. The summed E-state index contributed by atoms with van der Waals surface area (Å²) in [6, 6.07) is 5.51. The van der Waals surface area contributed by atoms with Crippen molar-refractivity contribution in [2.24, 2.45) is 5.92 Å². The van der Waals surface area contributed by atoms with Gasteiger partial charge >= 0.3 is 0 Å². The number of methoxy groups -OCH3 is 2. The summed E-state index contributed by atoms with van der Waals surface area (Å²) >= 11 is 0. The van der Waals surface area contributed by atoms with Gasteiger partial charge in [0.05, 0.1) is 26.4 Å². The molecule has 0 radical (unpaired) electrons. The molecule has 0 aromatic heterocycles. The number of hydrogen-bond acceptors (Lipinski definition) is 4. The fourth-order valence-corrected chi connectivity index (χ4v) is 2.74. The van der Waals surface area contributed by atoms with Crippen molar-refractivity contribution in [1.29, 1.82) is 0 Å². The fourth-order valence-electron chi connectivity index (χ4n) is 2.74. The van der Waals surface area contributed by atoms with Gasteiger partial charge in [0.1, 0.15) is 11.5 Å². The molecular weight excluding hydrogens is 244 g/mol. The summed E-state index contributed by atoms with van der Waals surface area (Å²) < 4.78 is 16.2. The largest absolute Gasteiger partial charge is 0.497 e. The number of ether oxygens (including phenoxy) is 3. The van der Waals surface area contributed by atoms with E-state index in [0.717, 1.165) is 30.8 Å². The molecule has 1 heterocycles. The van der Waals surface area contributed by atoms with Gasteiger partial charge in [-0.1, -0.05) is 6.92 Å². The Bertz CT molecular complexity index is 419. The van der Waals surface area contributed by atoms with Crippen LogP contribution < -0.4 is 9.47 Å². The van der Waals surface area contributed by atoms with Crippen molar-refractivity contribution in [3.05, 3.63) is 23.8 Å². The van der Waals surface area contributed by atoms with Crippen LogP contribution >= 0.6 is 0 Å². The second-order valence-corrected chi connectivity index (χ2v) is 4.82. The van der Waals surface area contributed by atoms with Crippen molar-refractivity contribution in [2.75, 3.05) is 20.8 Å². The first-order valence-electron chi connectivity index (χ1n) is 6.72. The first-order valence-corrected chi connectivity index (χ1v) is 6.72. The van der Waals surface area contributed by atoms with Gasteiger partial charge in [-0.05, 0) is 25.0 Å². The highest BCUT2D eigenvalue weighted by molar-refractivity contribution is 5.42. The quantitative estimate of drug-likeness (QED) is 0.889. The van der Waals surface area contributed by atoms with Crippen LogP contribution in [0.1, 0.15) is 31.4 Å². The maximum absolute atomic E-state index is 10.6. The van der Waals surface area contributed by atoms with Crippen molar-refractivity contribution in [2.45, 2.75) is 32.0 Å². The van der Waals surface area contributed by atoms with E-state index in [9.17, 15) is 5.11 Å². The molecule has 1 fully saturated rings. The second kappa shape index (κ2) is 6.26. The molecular formula is C15H22O4. The van der Waals surface area contributed by atoms with E-state index in [1.807, 2.05) is 12.1 Å². The molecule has 4 nitrogen and oxygen atoms in total. The Morgan fingerprint density at radius 1 is 1.37 bits per heavy atom. The minimum Gasteiger partial charge on any atom is -0.497 e. The van der Waals surface area contributed by atoms with Crippen LogP contribution in [0.25, 0.3) is 0 Å². The summed E-state index contributed by atoms with van der Waals surface area (Å²) in [5.41, 5.74) is 0.803. The van der Waals surface area contributed by atoms with Crippen LogP contribution in [0, 0.1) is 5.92 Å². The smallest absolute Gasteiger partial charge is 0.128 e. The summed E-state index contributed by atoms with van der Waals surface area (Å²) in [5.74, 6) is 1.52. The van der Waals surface area contributed by atoms with Crippen LogP contribution in [0.15, 0.2) is 18.2 Å². The number of hydrogen-bond donors (Lipinski definition) is 1. The predicted octanol–water partition coefficient (Wildman–Crippen LogP) is 2.55. The number of rotatable bonds is 5. The maximum Gasteiger partial charge on any atom is 0.128 e. The first kappa shape index (κ1) is 14.2. The van der Waals surface area contributed by atoms with Crippen LogP contribution in [0.2, 0.25) is 0 Å². The lowest BCUT2D eigenvalue weighted by Crippen LogP contribution is -2.22. The predicted molar refractivity (Wildman–Crippen MR) is 72.6 cm³/mol. The van der Waals surface area contributed by atoms with Gasteiger partial charge in [-0.2, -0.15) is 0 Å². The molecule has 1 aliphatic heterocycles. The third-order valence-electron chi connectivity index (χ3n) is 3.83. The molecule has 0 amide bonds. The van der Waals surface area contributed by atoms with E-state index in [1.54, 1.807) is 20.3 Å². The Morgan fingerprint density at radius 3 is 2.79 bits per heavy atom. The van der Waals surface area contributed by atoms with E-state index in [0.29, 0.717) is 5.75 Å². The molecule has 1 N–H and O–H groups in total. The molecule has 0 aliphatic carbocycles. The lowest BCUT2D eigenvalue weighted by molar-refractivity contribution is 0.0297. The molecule has 0 spiro atoms. The standard InChI is InChI=1S/C15H22O4/c1-4-13-12(7-8-19-13)15(16)11-6-5-10(17-2)9-14(11)18-3/h5-6,9,12-13,15-16H,4,7-8H2,1-3H3. The minimum atomic E-state index is -0.562. The van der Waals surface area contributed by atoms with E-state index in [2.05, 4.69) is 6.92 Å². The number of aliphatic hydroxyl groups excluding tert-OH is 1. The van der Waals surface area contributed by atoms with E-state index >= 15 is 0 Å². The van der Waals surface area contributed by atoms with Gasteiger partial charge in [0.15, 0.2) is 0 Å². The lowest BCUT2D eigenvalue weighted by atomic mass is 9.88. The summed E-state index contributed by atoms with van der Waals surface area (Å²) in [6.07, 6.45) is 1.37. The maximum atomic E-state index is 10.6. The Kier molecular flexibility index (Phi) is 4.66. The molecule has 4 heteroatoms. The molecule has 2 rings (SSSR count). The van der Waals surface area contributed by atoms with Crippen LogP contribution in [-0.4, -0.2) is 32.0 Å². The third-order valence-corrected chi connectivity index (χ3v) is 3.83. The molecule has 3 unspecified atom stereocenters. The van der Waals surface area contributed by atoms with Gasteiger partial charge in [-0.25, -0.2) is 0 Å². The van der Waals surface area contributed by atoms with Gasteiger partial charge in [0.2, 0.25) is 0 Å². The van der Waals surface area contributed by atoms with Crippen molar-refractivity contribution in [3.8, 4) is 11.5 Å². The van der Waals surface area contributed by atoms with Gasteiger partial charge in [-0.3, -0.25) is 0 Å². The molecule has 1 aromatic rings. The molecule has 106 valence electrons. The zero-order valence-corrected chi connectivity index (χ0v) is 11.8.